The summed E-state index contributed by atoms with van der Waals surface area (Å²) in [5, 5.41) is 22.3. The van der Waals surface area contributed by atoms with Gasteiger partial charge in [-0.25, -0.2) is 9.59 Å². The van der Waals surface area contributed by atoms with Crippen LogP contribution in [0.4, 0.5) is 4.79 Å². The Kier molecular flexibility index (Phi) is 5.81. The molecule has 0 bridgehead atoms. The van der Waals surface area contributed by atoms with E-state index >= 15 is 0 Å². The summed E-state index contributed by atoms with van der Waals surface area (Å²) < 4.78 is 5.26. The van der Waals surface area contributed by atoms with Crippen LogP contribution in [0.15, 0.2) is 11.6 Å². The fraction of sp³-hybridized carbons (Fsp3) is 0.862. The quantitative estimate of drug-likeness (QED) is 0.564. The van der Waals surface area contributed by atoms with Crippen LogP contribution >= 0.6 is 0 Å². The van der Waals surface area contributed by atoms with Crippen LogP contribution in [0, 0.1) is 34.5 Å². The van der Waals surface area contributed by atoms with Gasteiger partial charge in [-0.05, 0) is 98.9 Å². The largest absolute Gasteiger partial charge is 0.458 e. The maximum atomic E-state index is 13.1. The van der Waals surface area contributed by atoms with E-state index in [1.165, 1.54) is 0 Å². The molecule has 200 valence electrons. The van der Waals surface area contributed by atoms with Crippen molar-refractivity contribution in [1.29, 1.82) is 0 Å². The molecule has 7 heteroatoms. The molecule has 0 unspecified atom stereocenters. The van der Waals surface area contributed by atoms with Gasteiger partial charge in [-0.15, -0.1) is 0 Å². The third-order valence-electron chi connectivity index (χ3n) is 12.2. The first-order valence-electron chi connectivity index (χ1n) is 14.4. The molecule has 0 radical (unpaired) electrons. The van der Waals surface area contributed by atoms with E-state index in [0.29, 0.717) is 43.9 Å². The number of urea groups is 1. The number of ether oxygens (including phenoxy) is 1. The first-order chi connectivity index (χ1) is 17.1. The van der Waals surface area contributed by atoms with Gasteiger partial charge in [0, 0.05) is 37.7 Å². The summed E-state index contributed by atoms with van der Waals surface area (Å²) in [7, 11) is 1.95. The van der Waals surface area contributed by atoms with Gasteiger partial charge >= 0.3 is 12.0 Å². The van der Waals surface area contributed by atoms with Crippen LogP contribution in [0.3, 0.4) is 0 Å². The van der Waals surface area contributed by atoms with Crippen molar-refractivity contribution in [3.63, 3.8) is 0 Å². The van der Waals surface area contributed by atoms with Gasteiger partial charge in [0.25, 0.3) is 0 Å². The molecular weight excluding hydrogens is 456 g/mol. The standard InChI is InChI=1S/C29H44N2O5/c1-27-10-6-20(30(3)26(34)31-13-9-21(32)16-31)15-19(27)4-5-24-23(27)7-11-28(2)22(8-12-29(24,28)35)18-14-25(33)36-17-18/h14,19-24,32,35H,4-13,15-17H2,1-3H3/t19-,20+,21-,22-,23+,24-,27+,28-,29+/m1/s1. The lowest BCUT2D eigenvalue weighted by Gasteiger charge is -2.64. The zero-order valence-corrected chi connectivity index (χ0v) is 22.2. The van der Waals surface area contributed by atoms with Crippen molar-refractivity contribution >= 4 is 12.0 Å². The van der Waals surface area contributed by atoms with Crippen molar-refractivity contribution in [2.24, 2.45) is 34.5 Å². The molecule has 6 rings (SSSR count). The van der Waals surface area contributed by atoms with E-state index in [1.54, 1.807) is 6.08 Å². The summed E-state index contributed by atoms with van der Waals surface area (Å²) in [5.41, 5.74) is 0.423. The second kappa shape index (κ2) is 8.45. The maximum Gasteiger partial charge on any atom is 0.331 e. The Balaban J connectivity index is 1.18. The Morgan fingerprint density at radius 2 is 1.89 bits per heavy atom. The first-order valence-corrected chi connectivity index (χ1v) is 14.4. The predicted molar refractivity (Wildman–Crippen MR) is 135 cm³/mol. The molecule has 0 spiro atoms. The van der Waals surface area contributed by atoms with Crippen molar-refractivity contribution in [2.75, 3.05) is 26.7 Å². The molecule has 2 aliphatic heterocycles. The average molecular weight is 501 g/mol. The minimum absolute atomic E-state index is 0.0669. The molecule has 2 heterocycles. The summed E-state index contributed by atoms with van der Waals surface area (Å²) in [6.07, 6.45) is 11.2. The number of cyclic esters (lactones) is 1. The third-order valence-corrected chi connectivity index (χ3v) is 12.2. The second-order valence-electron chi connectivity index (χ2n) is 13.5. The zero-order chi connectivity index (χ0) is 25.5. The van der Waals surface area contributed by atoms with E-state index in [9.17, 15) is 19.8 Å². The van der Waals surface area contributed by atoms with Gasteiger partial charge in [-0.2, -0.15) is 0 Å². The van der Waals surface area contributed by atoms with Gasteiger partial charge in [0.05, 0.1) is 11.7 Å². The van der Waals surface area contributed by atoms with E-state index in [1.807, 2.05) is 16.8 Å². The topological polar surface area (TPSA) is 90.3 Å². The van der Waals surface area contributed by atoms with Crippen LogP contribution in [-0.2, 0) is 9.53 Å². The lowest BCUT2D eigenvalue weighted by Crippen LogP contribution is -2.63. The summed E-state index contributed by atoms with van der Waals surface area (Å²) in [6, 6.07) is 0.321. The number of aliphatic hydroxyl groups is 2. The van der Waals surface area contributed by atoms with Crippen LogP contribution in [0.1, 0.15) is 78.1 Å². The SMILES string of the molecule is CN(C(=O)N1CC[C@@H](O)C1)[C@H]1CC[C@@]2(C)[C@H](CC[C@@H]3[C@@H]2CC[C@]2(C)[C@@H](C4=CC(=O)OC4)CC[C@]32O)C1. The molecule has 4 saturated carbocycles. The number of β-amino-alcohol motifs (C(OH)–C–C–N with tert-alkyl or cyclic N) is 1. The molecule has 7 nitrogen and oxygen atoms in total. The average Bonchev–Trinajstić information content (AvgIpc) is 3.54. The molecule has 2 N–H and O–H groups in total. The highest BCUT2D eigenvalue weighted by molar-refractivity contribution is 5.85. The molecule has 0 aromatic heterocycles. The highest BCUT2D eigenvalue weighted by atomic mass is 16.5. The monoisotopic (exact) mass is 500 g/mol. The van der Waals surface area contributed by atoms with Crippen molar-refractivity contribution in [1.82, 2.24) is 9.80 Å². The number of hydrogen-bond acceptors (Lipinski definition) is 5. The van der Waals surface area contributed by atoms with Gasteiger partial charge < -0.3 is 24.7 Å². The number of hydrogen-bond donors (Lipinski definition) is 2. The van der Waals surface area contributed by atoms with Gasteiger partial charge in [0.2, 0.25) is 0 Å². The Morgan fingerprint density at radius 1 is 1.08 bits per heavy atom. The number of carbonyl (C=O) groups is 2. The number of rotatable bonds is 2. The highest BCUT2D eigenvalue weighted by Crippen LogP contribution is 2.70. The molecule has 4 aliphatic carbocycles. The number of fused-ring (bicyclic) bond motifs is 5. The summed E-state index contributed by atoms with van der Waals surface area (Å²) in [5.74, 6) is 1.40. The zero-order valence-electron chi connectivity index (χ0n) is 22.2. The Morgan fingerprint density at radius 3 is 2.58 bits per heavy atom. The maximum absolute atomic E-state index is 13.1. The minimum atomic E-state index is -0.679. The predicted octanol–water partition coefficient (Wildman–Crippen LogP) is 3.73. The molecule has 36 heavy (non-hydrogen) atoms. The number of aliphatic hydroxyl groups excluding tert-OH is 1. The van der Waals surface area contributed by atoms with E-state index in [0.717, 1.165) is 63.4 Å². The van der Waals surface area contributed by atoms with Crippen molar-refractivity contribution in [2.45, 2.75) is 95.8 Å². The summed E-state index contributed by atoms with van der Waals surface area (Å²) in [4.78, 5) is 28.6. The number of amides is 2. The van der Waals surface area contributed by atoms with Crippen LogP contribution < -0.4 is 0 Å². The van der Waals surface area contributed by atoms with E-state index in [2.05, 4.69) is 13.8 Å². The van der Waals surface area contributed by atoms with E-state index in [4.69, 9.17) is 4.74 Å². The molecule has 9 atom stereocenters. The van der Waals surface area contributed by atoms with Gasteiger partial charge in [0.1, 0.15) is 6.61 Å². The van der Waals surface area contributed by atoms with Crippen molar-refractivity contribution < 1.29 is 24.5 Å². The smallest absolute Gasteiger partial charge is 0.331 e. The van der Waals surface area contributed by atoms with Gasteiger partial charge in [0.15, 0.2) is 0 Å². The normalized spacial score (nSPS) is 48.1. The number of esters is 1. The molecule has 0 aromatic rings. The fourth-order valence-corrected chi connectivity index (χ4v) is 10.0. The Labute approximate surface area is 215 Å². The van der Waals surface area contributed by atoms with Gasteiger partial charge in [-0.3, -0.25) is 0 Å². The minimum Gasteiger partial charge on any atom is -0.458 e. The molecule has 0 aromatic carbocycles. The van der Waals surface area contributed by atoms with E-state index < -0.39 is 5.60 Å². The number of nitrogens with zero attached hydrogens (tertiary/aromatic N) is 2. The van der Waals surface area contributed by atoms with Crippen LogP contribution in [0.2, 0.25) is 0 Å². The molecule has 6 aliphatic rings. The fourth-order valence-electron chi connectivity index (χ4n) is 10.0. The van der Waals surface area contributed by atoms with Crippen LogP contribution in [0.5, 0.6) is 0 Å². The lowest BCUT2D eigenvalue weighted by atomic mass is 9.43. The number of carbonyl (C=O) groups excluding carboxylic acids is 2. The van der Waals surface area contributed by atoms with Crippen molar-refractivity contribution in [3.05, 3.63) is 11.6 Å². The lowest BCUT2D eigenvalue weighted by molar-refractivity contribution is -0.206. The second-order valence-corrected chi connectivity index (χ2v) is 13.5. The molecular formula is C29H44N2O5. The van der Waals surface area contributed by atoms with Gasteiger partial charge in [-0.1, -0.05) is 13.8 Å². The third kappa shape index (κ3) is 3.44. The van der Waals surface area contributed by atoms with Crippen molar-refractivity contribution in [3.8, 4) is 0 Å². The number of likely N-dealkylation sites (tertiary alicyclic amines) is 1. The Hall–Kier alpha value is -1.60. The highest BCUT2D eigenvalue weighted by Gasteiger charge is 2.67. The molecule has 1 saturated heterocycles. The first kappa shape index (κ1) is 24.7. The molecule has 2 amide bonds. The van der Waals surface area contributed by atoms with Crippen LogP contribution in [0.25, 0.3) is 0 Å². The molecule has 5 fully saturated rings. The summed E-state index contributed by atoms with van der Waals surface area (Å²) in [6.45, 7) is 6.26. The summed E-state index contributed by atoms with van der Waals surface area (Å²) >= 11 is 0. The van der Waals surface area contributed by atoms with E-state index in [-0.39, 0.29) is 40.9 Å². The van der Waals surface area contributed by atoms with Crippen LogP contribution in [-0.4, -0.2) is 76.5 Å². The Bertz CT molecular complexity index is 967.